The van der Waals surface area contributed by atoms with Gasteiger partial charge in [0.2, 0.25) is 0 Å². The number of carbonyl (C=O) groups is 1. The molecule has 0 bridgehead atoms. The molecule has 1 aliphatic heterocycles. The quantitative estimate of drug-likeness (QED) is 0.733. The van der Waals surface area contributed by atoms with E-state index in [-0.39, 0.29) is 12.5 Å². The van der Waals surface area contributed by atoms with Crippen LogP contribution in [0.3, 0.4) is 0 Å². The van der Waals surface area contributed by atoms with E-state index in [1.165, 1.54) is 0 Å². The third kappa shape index (κ3) is 6.68. The highest BCUT2D eigenvalue weighted by molar-refractivity contribution is 5.66. The largest absolute Gasteiger partial charge is 0.481 e. The molecule has 5 nitrogen and oxygen atoms in total. The van der Waals surface area contributed by atoms with Crippen LogP contribution in [0.15, 0.2) is 0 Å². The van der Waals surface area contributed by atoms with Crippen LogP contribution < -0.4 is 0 Å². The van der Waals surface area contributed by atoms with E-state index in [0.29, 0.717) is 18.5 Å². The van der Waals surface area contributed by atoms with Crippen molar-refractivity contribution in [3.63, 3.8) is 0 Å². The average molecular weight is 286 g/mol. The standard InChI is InChI=1S/C15H30N2O3/c1-12(2)9-16-7-8-20-14(10-16)11-17(13(3)4)6-5-15(18)19/h12-14H,5-11H2,1-4H3,(H,18,19). The van der Waals surface area contributed by atoms with E-state index in [2.05, 4.69) is 37.5 Å². The zero-order valence-electron chi connectivity index (χ0n) is 13.3. The number of ether oxygens (including phenoxy) is 1. The fourth-order valence-electron chi connectivity index (χ4n) is 2.63. The van der Waals surface area contributed by atoms with E-state index < -0.39 is 5.97 Å². The topological polar surface area (TPSA) is 53.0 Å². The second kappa shape index (κ2) is 8.60. The van der Waals surface area contributed by atoms with Gasteiger partial charge in [-0.15, -0.1) is 0 Å². The number of aliphatic carboxylic acids is 1. The molecule has 20 heavy (non-hydrogen) atoms. The third-order valence-corrected chi connectivity index (χ3v) is 3.63. The molecule has 1 rings (SSSR count). The molecule has 1 N–H and O–H groups in total. The van der Waals surface area contributed by atoms with Crippen LogP contribution >= 0.6 is 0 Å². The highest BCUT2D eigenvalue weighted by Crippen LogP contribution is 2.11. The van der Waals surface area contributed by atoms with Gasteiger partial charge in [0.1, 0.15) is 0 Å². The zero-order chi connectivity index (χ0) is 15.1. The van der Waals surface area contributed by atoms with Gasteiger partial charge in [0.25, 0.3) is 0 Å². The molecule has 118 valence electrons. The molecule has 0 aliphatic carbocycles. The van der Waals surface area contributed by atoms with Crippen LogP contribution in [0.5, 0.6) is 0 Å². The van der Waals surface area contributed by atoms with Crippen LogP contribution in [0.2, 0.25) is 0 Å². The first-order chi connectivity index (χ1) is 9.38. The van der Waals surface area contributed by atoms with Gasteiger partial charge in [-0.05, 0) is 19.8 Å². The van der Waals surface area contributed by atoms with Crippen LogP contribution in [0, 0.1) is 5.92 Å². The summed E-state index contributed by atoms with van der Waals surface area (Å²) >= 11 is 0. The van der Waals surface area contributed by atoms with E-state index >= 15 is 0 Å². The van der Waals surface area contributed by atoms with Gasteiger partial charge < -0.3 is 9.84 Å². The highest BCUT2D eigenvalue weighted by Gasteiger charge is 2.24. The Morgan fingerprint density at radius 3 is 2.65 bits per heavy atom. The minimum atomic E-state index is -0.735. The van der Waals surface area contributed by atoms with Crippen molar-refractivity contribution < 1.29 is 14.6 Å². The van der Waals surface area contributed by atoms with Crippen molar-refractivity contribution in [1.29, 1.82) is 0 Å². The predicted octanol–water partition coefficient (Wildman–Crippen LogP) is 1.53. The Morgan fingerprint density at radius 1 is 1.40 bits per heavy atom. The van der Waals surface area contributed by atoms with Crippen LogP contribution in [0.4, 0.5) is 0 Å². The number of hydrogen-bond acceptors (Lipinski definition) is 4. The monoisotopic (exact) mass is 286 g/mol. The first-order valence-electron chi connectivity index (χ1n) is 7.68. The Labute approximate surface area is 122 Å². The van der Waals surface area contributed by atoms with E-state index in [9.17, 15) is 4.79 Å². The number of hydrogen-bond donors (Lipinski definition) is 1. The minimum Gasteiger partial charge on any atom is -0.481 e. The molecule has 1 atom stereocenters. The maximum absolute atomic E-state index is 10.7. The molecule has 1 fully saturated rings. The minimum absolute atomic E-state index is 0.193. The molecule has 1 aliphatic rings. The van der Waals surface area contributed by atoms with Gasteiger partial charge in [0, 0.05) is 38.8 Å². The molecular weight excluding hydrogens is 256 g/mol. The van der Waals surface area contributed by atoms with Crippen molar-refractivity contribution in [2.45, 2.75) is 46.3 Å². The lowest BCUT2D eigenvalue weighted by Crippen LogP contribution is -2.49. The number of morpholine rings is 1. The first kappa shape index (κ1) is 17.4. The van der Waals surface area contributed by atoms with Crippen molar-refractivity contribution in [2.24, 2.45) is 5.92 Å². The molecule has 0 radical (unpaired) electrons. The van der Waals surface area contributed by atoms with E-state index in [1.54, 1.807) is 0 Å². The molecule has 0 amide bonds. The lowest BCUT2D eigenvalue weighted by Gasteiger charge is -2.37. The van der Waals surface area contributed by atoms with Gasteiger partial charge in [0.05, 0.1) is 19.1 Å². The Bertz CT molecular complexity index is 295. The summed E-state index contributed by atoms with van der Waals surface area (Å²) in [6.45, 7) is 13.9. The van der Waals surface area contributed by atoms with Gasteiger partial charge in [-0.1, -0.05) is 13.8 Å². The summed E-state index contributed by atoms with van der Waals surface area (Å²) in [6.07, 6.45) is 0.388. The molecule has 0 saturated carbocycles. The fraction of sp³-hybridized carbons (Fsp3) is 0.933. The number of rotatable bonds is 8. The zero-order valence-corrected chi connectivity index (χ0v) is 13.3. The van der Waals surface area contributed by atoms with Crippen molar-refractivity contribution >= 4 is 5.97 Å². The number of carboxylic acid groups (broad SMARTS) is 1. The van der Waals surface area contributed by atoms with Gasteiger partial charge in [-0.3, -0.25) is 14.6 Å². The van der Waals surface area contributed by atoms with Crippen LogP contribution in [-0.2, 0) is 9.53 Å². The lowest BCUT2D eigenvalue weighted by molar-refractivity contribution is -0.137. The third-order valence-electron chi connectivity index (χ3n) is 3.63. The van der Waals surface area contributed by atoms with Crippen molar-refractivity contribution in [1.82, 2.24) is 9.80 Å². The Balaban J connectivity index is 2.44. The summed E-state index contributed by atoms with van der Waals surface area (Å²) in [7, 11) is 0. The Hall–Kier alpha value is -0.650. The van der Waals surface area contributed by atoms with Crippen molar-refractivity contribution in [3.05, 3.63) is 0 Å². The summed E-state index contributed by atoms with van der Waals surface area (Å²) < 4.78 is 5.85. The molecule has 1 heterocycles. The molecule has 0 spiro atoms. The smallest absolute Gasteiger partial charge is 0.304 e. The van der Waals surface area contributed by atoms with Gasteiger partial charge in [0.15, 0.2) is 0 Å². The summed E-state index contributed by atoms with van der Waals surface area (Å²) in [5, 5.41) is 8.83. The SMILES string of the molecule is CC(C)CN1CCOC(CN(CCC(=O)O)C(C)C)C1. The molecule has 0 aromatic heterocycles. The average Bonchev–Trinajstić information content (AvgIpc) is 2.33. The number of carboxylic acids is 1. The molecule has 1 saturated heterocycles. The van der Waals surface area contributed by atoms with Gasteiger partial charge in [-0.25, -0.2) is 0 Å². The predicted molar refractivity (Wildman–Crippen MR) is 80.0 cm³/mol. The lowest BCUT2D eigenvalue weighted by atomic mass is 10.1. The second-order valence-electron chi connectivity index (χ2n) is 6.38. The molecule has 0 aromatic carbocycles. The van der Waals surface area contributed by atoms with E-state index in [0.717, 1.165) is 32.8 Å². The second-order valence-corrected chi connectivity index (χ2v) is 6.38. The van der Waals surface area contributed by atoms with Crippen LogP contribution in [0.1, 0.15) is 34.1 Å². The first-order valence-corrected chi connectivity index (χ1v) is 7.68. The van der Waals surface area contributed by atoms with E-state index in [1.807, 2.05) is 0 Å². The normalized spacial score (nSPS) is 21.1. The van der Waals surface area contributed by atoms with Crippen molar-refractivity contribution in [2.75, 3.05) is 39.3 Å². The highest BCUT2D eigenvalue weighted by atomic mass is 16.5. The van der Waals surface area contributed by atoms with Crippen LogP contribution in [-0.4, -0.2) is 72.4 Å². The van der Waals surface area contributed by atoms with Gasteiger partial charge in [-0.2, -0.15) is 0 Å². The molecular formula is C15H30N2O3. The van der Waals surface area contributed by atoms with Crippen molar-refractivity contribution in [3.8, 4) is 0 Å². The van der Waals surface area contributed by atoms with Gasteiger partial charge >= 0.3 is 5.97 Å². The van der Waals surface area contributed by atoms with E-state index in [4.69, 9.17) is 9.84 Å². The summed E-state index contributed by atoms with van der Waals surface area (Å²) in [5.74, 6) is -0.0661. The summed E-state index contributed by atoms with van der Waals surface area (Å²) in [4.78, 5) is 15.4. The Kier molecular flexibility index (Phi) is 7.48. The number of nitrogens with zero attached hydrogens (tertiary/aromatic N) is 2. The van der Waals surface area contributed by atoms with Crippen LogP contribution in [0.25, 0.3) is 0 Å². The fourth-order valence-corrected chi connectivity index (χ4v) is 2.63. The molecule has 1 unspecified atom stereocenters. The Morgan fingerprint density at radius 2 is 2.10 bits per heavy atom. The maximum atomic E-state index is 10.7. The summed E-state index contributed by atoms with van der Waals surface area (Å²) in [5.41, 5.74) is 0. The summed E-state index contributed by atoms with van der Waals surface area (Å²) in [6, 6.07) is 0.346. The molecule has 0 aromatic rings. The maximum Gasteiger partial charge on any atom is 0.304 e. The molecule has 5 heteroatoms.